The molecular weight excluding hydrogens is 231 g/mol. The first-order chi connectivity index (χ1) is 7.73. The molecular formula is C12H16F3NO. The van der Waals surface area contributed by atoms with E-state index in [4.69, 9.17) is 4.79 Å². The Morgan fingerprint density at radius 3 is 1.94 bits per heavy atom. The number of hydrogen-bond acceptors (Lipinski definition) is 1. The first-order valence-corrected chi connectivity index (χ1v) is 5.14. The molecule has 2 nitrogen and oxygen atoms in total. The van der Waals surface area contributed by atoms with E-state index in [1.165, 1.54) is 12.0 Å². The van der Waals surface area contributed by atoms with E-state index in [0.717, 1.165) is 5.92 Å². The minimum Gasteiger partial charge on any atom is -0.362 e. The highest BCUT2D eigenvalue weighted by atomic mass is 19.4. The number of primary amides is 1. The van der Waals surface area contributed by atoms with Crippen molar-refractivity contribution in [1.82, 2.24) is 0 Å². The third-order valence-corrected chi connectivity index (χ3v) is 1.77. The second-order valence-electron chi connectivity index (χ2n) is 3.95. The van der Waals surface area contributed by atoms with Gasteiger partial charge in [-0.05, 0) is 17.9 Å². The van der Waals surface area contributed by atoms with Gasteiger partial charge in [0.05, 0.1) is 0 Å². The standard InChI is InChI=1S/C10H14.C2H2F3NO/c1-9(2)8-10-6-4-3-5-7-10;3-2(4,5)1(6)7/h3-7,9H,8H2,1-2H3;(H2,6,7). The lowest BCUT2D eigenvalue weighted by Gasteiger charge is -2.02. The summed E-state index contributed by atoms with van der Waals surface area (Å²) in [5.41, 5.74) is 5.25. The van der Waals surface area contributed by atoms with Crippen LogP contribution in [-0.2, 0) is 11.2 Å². The number of carbonyl (C=O) groups excluding carboxylic acids is 1. The number of nitrogens with two attached hydrogens (primary N) is 1. The van der Waals surface area contributed by atoms with Crippen LogP contribution in [0.2, 0.25) is 0 Å². The van der Waals surface area contributed by atoms with Crippen LogP contribution in [0.3, 0.4) is 0 Å². The number of alkyl halides is 3. The summed E-state index contributed by atoms with van der Waals surface area (Å²) in [6.45, 7) is 4.49. The molecule has 0 fully saturated rings. The molecule has 0 heterocycles. The van der Waals surface area contributed by atoms with Gasteiger partial charge in [-0.1, -0.05) is 44.2 Å². The largest absolute Gasteiger partial charge is 0.470 e. The van der Waals surface area contributed by atoms with Crippen molar-refractivity contribution in [2.24, 2.45) is 11.7 Å². The van der Waals surface area contributed by atoms with E-state index >= 15 is 0 Å². The number of amides is 1. The summed E-state index contributed by atoms with van der Waals surface area (Å²) in [5.74, 6) is -1.49. The van der Waals surface area contributed by atoms with Crippen LogP contribution in [0.15, 0.2) is 30.3 Å². The Morgan fingerprint density at radius 2 is 1.65 bits per heavy atom. The average molecular weight is 247 g/mol. The normalized spacial score (nSPS) is 10.7. The van der Waals surface area contributed by atoms with Crippen LogP contribution in [0.25, 0.3) is 0 Å². The Kier molecular flexibility index (Phi) is 6.31. The molecule has 0 aliphatic heterocycles. The van der Waals surface area contributed by atoms with Gasteiger partial charge in [0.25, 0.3) is 0 Å². The molecule has 17 heavy (non-hydrogen) atoms. The molecule has 0 aromatic heterocycles. The fourth-order valence-electron chi connectivity index (χ4n) is 1.09. The Balaban J connectivity index is 0.000000325. The zero-order valence-corrected chi connectivity index (χ0v) is 9.79. The molecule has 5 heteroatoms. The number of hydrogen-bond donors (Lipinski definition) is 1. The molecule has 96 valence electrons. The predicted octanol–water partition coefficient (Wildman–Crippen LogP) is 2.92. The quantitative estimate of drug-likeness (QED) is 0.857. The van der Waals surface area contributed by atoms with Crippen LogP contribution in [0.4, 0.5) is 13.2 Å². The SMILES string of the molecule is CC(C)Cc1ccccc1.NC(=O)C(F)(F)F. The van der Waals surface area contributed by atoms with Crippen LogP contribution in [0, 0.1) is 5.92 Å². The van der Waals surface area contributed by atoms with Crippen molar-refractivity contribution in [3.8, 4) is 0 Å². The molecule has 1 aromatic carbocycles. The van der Waals surface area contributed by atoms with Crippen LogP contribution in [-0.4, -0.2) is 12.1 Å². The highest BCUT2D eigenvalue weighted by Crippen LogP contribution is 2.11. The van der Waals surface area contributed by atoms with Crippen molar-refractivity contribution in [3.05, 3.63) is 35.9 Å². The number of halogens is 3. The summed E-state index contributed by atoms with van der Waals surface area (Å²) in [4.78, 5) is 9.12. The second-order valence-corrected chi connectivity index (χ2v) is 3.95. The summed E-state index contributed by atoms with van der Waals surface area (Å²) >= 11 is 0. The summed E-state index contributed by atoms with van der Waals surface area (Å²) in [6.07, 6.45) is -3.67. The van der Waals surface area contributed by atoms with E-state index in [1.807, 2.05) is 0 Å². The number of rotatable bonds is 2. The van der Waals surface area contributed by atoms with Crippen LogP contribution >= 0.6 is 0 Å². The third kappa shape index (κ3) is 8.30. The van der Waals surface area contributed by atoms with Gasteiger partial charge in [-0.3, -0.25) is 4.79 Å². The van der Waals surface area contributed by atoms with Crippen LogP contribution in [0.5, 0.6) is 0 Å². The summed E-state index contributed by atoms with van der Waals surface area (Å²) in [7, 11) is 0. The average Bonchev–Trinajstić information content (AvgIpc) is 2.17. The first-order valence-electron chi connectivity index (χ1n) is 5.14. The molecule has 0 bridgehead atoms. The van der Waals surface area contributed by atoms with Gasteiger partial charge in [-0.15, -0.1) is 0 Å². The molecule has 0 aliphatic carbocycles. The Morgan fingerprint density at radius 1 is 1.24 bits per heavy atom. The maximum absolute atomic E-state index is 10.7. The van der Waals surface area contributed by atoms with Crippen LogP contribution < -0.4 is 5.73 Å². The van der Waals surface area contributed by atoms with Crippen molar-refractivity contribution >= 4 is 5.91 Å². The van der Waals surface area contributed by atoms with E-state index in [2.05, 4.69) is 49.9 Å². The lowest BCUT2D eigenvalue weighted by atomic mass is 10.0. The molecule has 1 amide bonds. The Labute approximate surface area is 98.6 Å². The number of benzene rings is 1. The molecule has 1 rings (SSSR count). The molecule has 2 N–H and O–H groups in total. The fraction of sp³-hybridized carbons (Fsp3) is 0.417. The van der Waals surface area contributed by atoms with Gasteiger partial charge in [0.15, 0.2) is 0 Å². The van der Waals surface area contributed by atoms with E-state index in [0.29, 0.717) is 0 Å². The fourth-order valence-corrected chi connectivity index (χ4v) is 1.09. The van der Waals surface area contributed by atoms with Gasteiger partial charge in [0.1, 0.15) is 0 Å². The van der Waals surface area contributed by atoms with Crippen molar-refractivity contribution in [2.75, 3.05) is 0 Å². The van der Waals surface area contributed by atoms with E-state index in [9.17, 15) is 13.2 Å². The van der Waals surface area contributed by atoms with Gasteiger partial charge in [0.2, 0.25) is 0 Å². The number of carbonyl (C=O) groups is 1. The third-order valence-electron chi connectivity index (χ3n) is 1.77. The molecule has 0 saturated carbocycles. The van der Waals surface area contributed by atoms with Crippen LogP contribution in [0.1, 0.15) is 19.4 Å². The molecule has 1 aromatic rings. The van der Waals surface area contributed by atoms with Crippen molar-refractivity contribution in [2.45, 2.75) is 26.4 Å². The molecule has 0 unspecified atom stereocenters. The van der Waals surface area contributed by atoms with E-state index < -0.39 is 12.1 Å². The molecule has 0 atom stereocenters. The lowest BCUT2D eigenvalue weighted by Crippen LogP contribution is -2.30. The maximum atomic E-state index is 10.7. The lowest BCUT2D eigenvalue weighted by molar-refractivity contribution is -0.169. The van der Waals surface area contributed by atoms with Crippen molar-refractivity contribution in [1.29, 1.82) is 0 Å². The minimum absolute atomic E-state index is 0.766. The van der Waals surface area contributed by atoms with Crippen molar-refractivity contribution in [3.63, 3.8) is 0 Å². The molecule has 0 saturated heterocycles. The summed E-state index contributed by atoms with van der Waals surface area (Å²) in [5, 5.41) is 0. The summed E-state index contributed by atoms with van der Waals surface area (Å²) < 4.78 is 32.1. The minimum atomic E-state index is -4.86. The molecule has 0 radical (unpaired) electrons. The van der Waals surface area contributed by atoms with Gasteiger partial charge < -0.3 is 5.73 Å². The van der Waals surface area contributed by atoms with Crippen molar-refractivity contribution < 1.29 is 18.0 Å². The molecule has 0 aliphatic rings. The highest BCUT2D eigenvalue weighted by Gasteiger charge is 2.35. The molecule has 0 spiro atoms. The Bertz CT molecular complexity index is 333. The second kappa shape index (κ2) is 6.93. The summed E-state index contributed by atoms with van der Waals surface area (Å²) in [6, 6.07) is 10.6. The van der Waals surface area contributed by atoms with Gasteiger partial charge in [-0.25, -0.2) is 0 Å². The van der Waals surface area contributed by atoms with Gasteiger partial charge >= 0.3 is 12.1 Å². The topological polar surface area (TPSA) is 43.1 Å². The first kappa shape index (κ1) is 15.5. The van der Waals surface area contributed by atoms with Gasteiger partial charge in [-0.2, -0.15) is 13.2 Å². The monoisotopic (exact) mass is 247 g/mol. The Hall–Kier alpha value is -1.52. The van der Waals surface area contributed by atoms with E-state index in [-0.39, 0.29) is 0 Å². The van der Waals surface area contributed by atoms with Gasteiger partial charge in [0, 0.05) is 0 Å². The predicted molar refractivity (Wildman–Crippen MR) is 60.2 cm³/mol. The smallest absolute Gasteiger partial charge is 0.362 e. The van der Waals surface area contributed by atoms with E-state index in [1.54, 1.807) is 0 Å². The maximum Gasteiger partial charge on any atom is 0.470 e. The zero-order valence-electron chi connectivity index (χ0n) is 9.79. The zero-order chi connectivity index (χ0) is 13.5. The highest BCUT2D eigenvalue weighted by molar-refractivity contribution is 5.79.